The zero-order valence-electron chi connectivity index (χ0n) is 14.7. The Morgan fingerprint density at radius 1 is 1.04 bits per heavy atom. The number of piperidine rings is 1. The number of rotatable bonds is 4. The molecule has 0 atom stereocenters. The molecule has 0 aromatic heterocycles. The number of nitrogens with one attached hydrogen (secondary N) is 1. The van der Waals surface area contributed by atoms with Gasteiger partial charge in [-0.1, -0.05) is 0 Å². The average molecular weight is 334 g/mol. The topological polar surface area (TPSA) is 60.0 Å². The molecule has 2 aliphatic heterocycles. The van der Waals surface area contributed by atoms with Gasteiger partial charge in [-0.3, -0.25) is 4.79 Å². The van der Waals surface area contributed by atoms with Crippen LogP contribution in [0.1, 0.15) is 29.6 Å². The average Bonchev–Trinajstić information content (AvgIpc) is 3.03. The van der Waals surface area contributed by atoms with Gasteiger partial charge in [-0.25, -0.2) is 0 Å². The summed E-state index contributed by atoms with van der Waals surface area (Å²) in [5, 5.41) is 3.40. The molecule has 0 unspecified atom stereocenters. The summed E-state index contributed by atoms with van der Waals surface area (Å²) in [6, 6.07) is 3.51. The number of amides is 1. The van der Waals surface area contributed by atoms with Gasteiger partial charge >= 0.3 is 0 Å². The molecule has 1 aromatic rings. The van der Waals surface area contributed by atoms with E-state index in [1.165, 1.54) is 0 Å². The van der Waals surface area contributed by atoms with Gasteiger partial charge in [0.05, 0.1) is 26.9 Å². The second-order valence-corrected chi connectivity index (χ2v) is 6.61. The van der Waals surface area contributed by atoms with Crippen molar-refractivity contribution in [3.63, 3.8) is 0 Å². The van der Waals surface area contributed by atoms with Crippen LogP contribution in [-0.2, 0) is 0 Å². The molecule has 24 heavy (non-hydrogen) atoms. The predicted molar refractivity (Wildman–Crippen MR) is 91.2 cm³/mol. The molecule has 1 N–H and O–H groups in total. The zero-order valence-corrected chi connectivity index (χ0v) is 14.7. The third kappa shape index (κ3) is 2.90. The lowest BCUT2D eigenvalue weighted by Crippen LogP contribution is -2.39. The third-order valence-electron chi connectivity index (χ3n) is 5.32. The van der Waals surface area contributed by atoms with Gasteiger partial charge in [-0.2, -0.15) is 0 Å². The highest BCUT2D eigenvalue weighted by molar-refractivity contribution is 5.98. The number of likely N-dealkylation sites (tertiary alicyclic amines) is 1. The number of nitrogens with zero attached hydrogens (tertiary/aromatic N) is 1. The minimum absolute atomic E-state index is 0.00297. The van der Waals surface area contributed by atoms with Crippen LogP contribution in [0.4, 0.5) is 0 Å². The SMILES string of the molecule is COc1ccc(C(=O)N2CCC3(CCNCC3)C2)c(OC)c1OC. The van der Waals surface area contributed by atoms with Gasteiger partial charge in [0, 0.05) is 13.1 Å². The first-order valence-electron chi connectivity index (χ1n) is 8.43. The Hall–Kier alpha value is -1.95. The molecule has 1 spiro atoms. The van der Waals surface area contributed by atoms with Crippen molar-refractivity contribution in [1.82, 2.24) is 10.2 Å². The molecule has 2 aliphatic rings. The van der Waals surface area contributed by atoms with E-state index >= 15 is 0 Å². The Labute approximate surface area is 143 Å². The summed E-state index contributed by atoms with van der Waals surface area (Å²) in [5.74, 6) is 1.46. The monoisotopic (exact) mass is 334 g/mol. The lowest BCUT2D eigenvalue weighted by Gasteiger charge is -2.33. The Morgan fingerprint density at radius 3 is 2.38 bits per heavy atom. The van der Waals surface area contributed by atoms with Crippen molar-refractivity contribution in [2.45, 2.75) is 19.3 Å². The van der Waals surface area contributed by atoms with Crippen LogP contribution < -0.4 is 19.5 Å². The highest BCUT2D eigenvalue weighted by Crippen LogP contribution is 2.43. The van der Waals surface area contributed by atoms with Crippen LogP contribution >= 0.6 is 0 Å². The van der Waals surface area contributed by atoms with Gasteiger partial charge in [0.15, 0.2) is 11.5 Å². The summed E-state index contributed by atoms with van der Waals surface area (Å²) in [5.41, 5.74) is 0.811. The highest BCUT2D eigenvalue weighted by atomic mass is 16.5. The standard InChI is InChI=1S/C18H26N2O4/c1-22-14-5-4-13(15(23-2)16(14)24-3)17(21)20-11-8-18(12-20)6-9-19-10-7-18/h4-5,19H,6-12H2,1-3H3. The van der Waals surface area contributed by atoms with E-state index in [0.29, 0.717) is 22.8 Å². The van der Waals surface area contributed by atoms with E-state index in [-0.39, 0.29) is 11.3 Å². The van der Waals surface area contributed by atoms with E-state index in [2.05, 4.69) is 5.32 Å². The molecule has 0 bridgehead atoms. The first kappa shape index (κ1) is 16.9. The first-order valence-corrected chi connectivity index (χ1v) is 8.43. The summed E-state index contributed by atoms with van der Waals surface area (Å²) in [6.45, 7) is 3.71. The maximum atomic E-state index is 13.1. The van der Waals surface area contributed by atoms with Crippen molar-refractivity contribution in [2.75, 3.05) is 47.5 Å². The fourth-order valence-electron chi connectivity index (χ4n) is 3.91. The summed E-state index contributed by atoms with van der Waals surface area (Å²) < 4.78 is 16.1. The molecule has 1 aromatic carbocycles. The first-order chi connectivity index (χ1) is 11.6. The zero-order chi connectivity index (χ0) is 17.2. The number of methoxy groups -OCH3 is 3. The van der Waals surface area contributed by atoms with Crippen LogP contribution in [0.2, 0.25) is 0 Å². The fraction of sp³-hybridized carbons (Fsp3) is 0.611. The normalized spacial score (nSPS) is 19.4. The minimum Gasteiger partial charge on any atom is -0.493 e. The number of hydrogen-bond acceptors (Lipinski definition) is 5. The molecule has 2 heterocycles. The molecule has 0 aliphatic carbocycles. The molecular formula is C18H26N2O4. The van der Waals surface area contributed by atoms with Crippen LogP contribution in [0.3, 0.4) is 0 Å². The van der Waals surface area contributed by atoms with Gasteiger partial charge in [0.25, 0.3) is 5.91 Å². The van der Waals surface area contributed by atoms with Crippen molar-refractivity contribution in [3.05, 3.63) is 17.7 Å². The van der Waals surface area contributed by atoms with Gasteiger partial charge in [0.2, 0.25) is 5.75 Å². The lowest BCUT2D eigenvalue weighted by molar-refractivity contribution is 0.0757. The number of hydrogen-bond donors (Lipinski definition) is 1. The Morgan fingerprint density at radius 2 is 1.75 bits per heavy atom. The maximum Gasteiger partial charge on any atom is 0.257 e. The van der Waals surface area contributed by atoms with Crippen LogP contribution in [0, 0.1) is 5.41 Å². The lowest BCUT2D eigenvalue weighted by atomic mass is 9.78. The number of carbonyl (C=O) groups excluding carboxylic acids is 1. The maximum absolute atomic E-state index is 13.1. The highest BCUT2D eigenvalue weighted by Gasteiger charge is 2.41. The molecule has 2 saturated heterocycles. The summed E-state index contributed by atoms with van der Waals surface area (Å²) in [7, 11) is 4.67. The minimum atomic E-state index is 0.00297. The molecule has 0 saturated carbocycles. The summed E-state index contributed by atoms with van der Waals surface area (Å²) in [4.78, 5) is 15.0. The second kappa shape index (κ2) is 6.89. The van der Waals surface area contributed by atoms with E-state index in [0.717, 1.165) is 45.4 Å². The van der Waals surface area contributed by atoms with Crippen LogP contribution in [0.25, 0.3) is 0 Å². The van der Waals surface area contributed by atoms with Crippen molar-refractivity contribution in [3.8, 4) is 17.2 Å². The van der Waals surface area contributed by atoms with Gasteiger partial charge < -0.3 is 24.4 Å². The van der Waals surface area contributed by atoms with Crippen LogP contribution in [-0.4, -0.2) is 58.3 Å². The Balaban J connectivity index is 1.85. The van der Waals surface area contributed by atoms with Crippen molar-refractivity contribution in [2.24, 2.45) is 5.41 Å². The summed E-state index contributed by atoms with van der Waals surface area (Å²) in [6.07, 6.45) is 3.36. The van der Waals surface area contributed by atoms with E-state index in [9.17, 15) is 4.79 Å². The largest absolute Gasteiger partial charge is 0.493 e. The number of benzene rings is 1. The molecule has 1 amide bonds. The molecule has 3 rings (SSSR count). The fourth-order valence-corrected chi connectivity index (χ4v) is 3.91. The molecular weight excluding hydrogens is 308 g/mol. The smallest absolute Gasteiger partial charge is 0.257 e. The number of ether oxygens (including phenoxy) is 3. The van der Waals surface area contributed by atoms with Gasteiger partial charge in [-0.15, -0.1) is 0 Å². The predicted octanol–water partition coefficient (Wildman–Crippen LogP) is 1.93. The Bertz CT molecular complexity index is 611. The summed E-state index contributed by atoms with van der Waals surface area (Å²) >= 11 is 0. The third-order valence-corrected chi connectivity index (χ3v) is 5.32. The number of carbonyl (C=O) groups is 1. The quantitative estimate of drug-likeness (QED) is 0.912. The Kier molecular flexibility index (Phi) is 4.85. The van der Waals surface area contributed by atoms with E-state index in [1.807, 2.05) is 4.90 Å². The van der Waals surface area contributed by atoms with Crippen LogP contribution in [0.15, 0.2) is 12.1 Å². The second-order valence-electron chi connectivity index (χ2n) is 6.61. The van der Waals surface area contributed by atoms with Crippen molar-refractivity contribution in [1.29, 1.82) is 0 Å². The van der Waals surface area contributed by atoms with Gasteiger partial charge in [0.1, 0.15) is 0 Å². The van der Waals surface area contributed by atoms with Crippen molar-refractivity contribution >= 4 is 5.91 Å². The molecule has 2 fully saturated rings. The molecule has 132 valence electrons. The van der Waals surface area contributed by atoms with Crippen molar-refractivity contribution < 1.29 is 19.0 Å². The van der Waals surface area contributed by atoms with Crippen LogP contribution in [0.5, 0.6) is 17.2 Å². The molecule has 6 heteroatoms. The molecule has 6 nitrogen and oxygen atoms in total. The van der Waals surface area contributed by atoms with Gasteiger partial charge in [-0.05, 0) is 49.9 Å². The van der Waals surface area contributed by atoms with E-state index in [1.54, 1.807) is 33.5 Å². The molecule has 0 radical (unpaired) electrons. The van der Waals surface area contributed by atoms with E-state index < -0.39 is 0 Å². The van der Waals surface area contributed by atoms with E-state index in [4.69, 9.17) is 14.2 Å².